The molecule has 1 rings (SSSR count). The van der Waals surface area contributed by atoms with Gasteiger partial charge in [0.25, 0.3) is 0 Å². The highest BCUT2D eigenvalue weighted by atomic mass is 16.1. The third-order valence-corrected chi connectivity index (χ3v) is 2.72. The molecular weight excluding hydrogens is 162 g/mol. The Labute approximate surface area is 80.6 Å². The van der Waals surface area contributed by atoms with Crippen molar-refractivity contribution in [1.82, 2.24) is 4.90 Å². The fourth-order valence-electron chi connectivity index (χ4n) is 2.04. The van der Waals surface area contributed by atoms with Gasteiger partial charge in [-0.25, -0.2) is 4.79 Å². The smallest absolute Gasteiger partial charge is 0.125 e. The summed E-state index contributed by atoms with van der Waals surface area (Å²) >= 11 is 0. The first-order chi connectivity index (χ1) is 6.24. The van der Waals surface area contributed by atoms with E-state index in [1.807, 2.05) is 14.1 Å². The number of hydrogen-bond acceptors (Lipinski definition) is 2. The topological polar surface area (TPSA) is 20.3 Å². The van der Waals surface area contributed by atoms with E-state index >= 15 is 0 Å². The van der Waals surface area contributed by atoms with Crippen molar-refractivity contribution in [2.24, 2.45) is 5.92 Å². The molecule has 13 heavy (non-hydrogen) atoms. The highest BCUT2D eigenvalue weighted by Gasteiger charge is 2.18. The minimum atomic E-state index is 0.522. The molecule has 0 aromatic rings. The van der Waals surface area contributed by atoms with E-state index in [-0.39, 0.29) is 0 Å². The average molecular weight is 181 g/mol. The van der Waals surface area contributed by atoms with Crippen LogP contribution in [0.2, 0.25) is 0 Å². The van der Waals surface area contributed by atoms with Crippen molar-refractivity contribution in [1.29, 1.82) is 0 Å². The molecule has 1 aliphatic rings. The lowest BCUT2D eigenvalue weighted by molar-refractivity contribution is 0.361. The molecule has 1 fully saturated rings. The van der Waals surface area contributed by atoms with Crippen molar-refractivity contribution in [2.75, 3.05) is 20.6 Å². The van der Waals surface area contributed by atoms with Crippen LogP contribution in [0.3, 0.4) is 0 Å². The molecule has 2 nitrogen and oxygen atoms in total. The summed E-state index contributed by atoms with van der Waals surface area (Å²) in [6, 6.07) is 0. The summed E-state index contributed by atoms with van der Waals surface area (Å²) in [5.74, 6) is 2.65. The SMILES string of the molecule is CN(C)CC(=C=O)C1CCCCC1. The zero-order valence-electron chi connectivity index (χ0n) is 8.68. The molecule has 0 spiro atoms. The van der Waals surface area contributed by atoms with Crippen molar-refractivity contribution < 1.29 is 4.79 Å². The number of nitrogens with zero attached hydrogens (tertiary/aromatic N) is 1. The summed E-state index contributed by atoms with van der Waals surface area (Å²) in [5.41, 5.74) is 0.977. The van der Waals surface area contributed by atoms with Crippen molar-refractivity contribution in [3.63, 3.8) is 0 Å². The fourth-order valence-corrected chi connectivity index (χ4v) is 2.04. The van der Waals surface area contributed by atoms with Crippen molar-refractivity contribution in [3.8, 4) is 0 Å². The highest BCUT2D eigenvalue weighted by molar-refractivity contribution is 5.54. The molecule has 0 unspecified atom stereocenters. The number of hydrogen-bond donors (Lipinski definition) is 0. The second-order valence-corrected chi connectivity index (χ2v) is 4.20. The average Bonchev–Trinajstić information content (AvgIpc) is 2.15. The van der Waals surface area contributed by atoms with Gasteiger partial charge in [-0.05, 0) is 32.9 Å². The van der Waals surface area contributed by atoms with Crippen molar-refractivity contribution >= 4 is 5.94 Å². The Kier molecular flexibility index (Phi) is 4.20. The summed E-state index contributed by atoms with van der Waals surface area (Å²) in [6.07, 6.45) is 6.29. The van der Waals surface area contributed by atoms with Gasteiger partial charge in [-0.15, -0.1) is 0 Å². The van der Waals surface area contributed by atoms with Crippen LogP contribution in [0.4, 0.5) is 0 Å². The standard InChI is InChI=1S/C11H19NO/c1-12(2)8-11(9-13)10-6-4-3-5-7-10/h10H,3-8H2,1-2H3. The lowest BCUT2D eigenvalue weighted by atomic mass is 9.84. The number of rotatable bonds is 3. The zero-order valence-corrected chi connectivity index (χ0v) is 8.68. The molecule has 0 aliphatic heterocycles. The predicted molar refractivity (Wildman–Crippen MR) is 54.3 cm³/mol. The van der Waals surface area contributed by atoms with Crippen LogP contribution in [-0.2, 0) is 4.79 Å². The molecule has 0 aromatic heterocycles. The van der Waals surface area contributed by atoms with Gasteiger partial charge in [-0.2, -0.15) is 0 Å². The molecule has 2 heteroatoms. The van der Waals surface area contributed by atoms with Crippen molar-refractivity contribution in [2.45, 2.75) is 32.1 Å². The van der Waals surface area contributed by atoms with Crippen LogP contribution in [0, 0.1) is 5.92 Å². The van der Waals surface area contributed by atoms with E-state index in [4.69, 9.17) is 0 Å². The Hall–Kier alpha value is -0.590. The van der Waals surface area contributed by atoms with Gasteiger partial charge < -0.3 is 4.90 Å². The summed E-state index contributed by atoms with van der Waals surface area (Å²) in [5, 5.41) is 0. The van der Waals surface area contributed by atoms with Gasteiger partial charge in [0, 0.05) is 12.1 Å². The van der Waals surface area contributed by atoms with Crippen LogP contribution >= 0.6 is 0 Å². The first-order valence-corrected chi connectivity index (χ1v) is 5.12. The normalized spacial score (nSPS) is 18.7. The Balaban J connectivity index is 2.50. The van der Waals surface area contributed by atoms with Gasteiger partial charge in [-0.3, -0.25) is 0 Å². The van der Waals surface area contributed by atoms with Gasteiger partial charge in [0.15, 0.2) is 0 Å². The minimum Gasteiger partial charge on any atom is -0.305 e. The lowest BCUT2D eigenvalue weighted by Gasteiger charge is -2.23. The zero-order chi connectivity index (χ0) is 9.68. The van der Waals surface area contributed by atoms with Crippen molar-refractivity contribution in [3.05, 3.63) is 5.57 Å². The maximum Gasteiger partial charge on any atom is 0.125 e. The molecule has 1 saturated carbocycles. The van der Waals surface area contributed by atoms with Gasteiger partial charge in [0.05, 0.1) is 0 Å². The molecule has 0 radical (unpaired) electrons. The molecule has 0 bridgehead atoms. The van der Waals surface area contributed by atoms with E-state index in [1.54, 1.807) is 0 Å². The second kappa shape index (κ2) is 5.21. The third kappa shape index (κ3) is 3.33. The van der Waals surface area contributed by atoms with Gasteiger partial charge in [-0.1, -0.05) is 19.3 Å². The van der Waals surface area contributed by atoms with Crippen LogP contribution in [0.15, 0.2) is 5.57 Å². The van der Waals surface area contributed by atoms with Gasteiger partial charge in [0.2, 0.25) is 0 Å². The van der Waals surface area contributed by atoms with Crippen LogP contribution in [0.1, 0.15) is 32.1 Å². The summed E-state index contributed by atoms with van der Waals surface area (Å²) in [7, 11) is 4.00. The highest BCUT2D eigenvalue weighted by Crippen LogP contribution is 2.28. The van der Waals surface area contributed by atoms with E-state index in [1.165, 1.54) is 32.1 Å². The Bertz CT molecular complexity index is 198. The Morgan fingerprint density at radius 3 is 2.38 bits per heavy atom. The van der Waals surface area contributed by atoms with Crippen LogP contribution in [0.25, 0.3) is 0 Å². The van der Waals surface area contributed by atoms with E-state index in [0.29, 0.717) is 5.92 Å². The number of carbonyl (C=O) groups excluding carboxylic acids is 1. The van der Waals surface area contributed by atoms with Gasteiger partial charge >= 0.3 is 0 Å². The molecule has 74 valence electrons. The molecule has 0 saturated heterocycles. The maximum absolute atomic E-state index is 10.8. The molecule has 0 aromatic carbocycles. The van der Waals surface area contributed by atoms with Crippen LogP contribution < -0.4 is 0 Å². The Morgan fingerprint density at radius 1 is 1.31 bits per heavy atom. The van der Waals surface area contributed by atoms with Crippen LogP contribution in [-0.4, -0.2) is 31.5 Å². The molecule has 0 heterocycles. The van der Waals surface area contributed by atoms with E-state index < -0.39 is 0 Å². The predicted octanol–water partition coefficient (Wildman–Crippen LogP) is 1.89. The Morgan fingerprint density at radius 2 is 1.92 bits per heavy atom. The summed E-state index contributed by atoms with van der Waals surface area (Å²) in [4.78, 5) is 12.8. The molecule has 0 atom stereocenters. The molecule has 0 N–H and O–H groups in total. The van der Waals surface area contributed by atoms with E-state index in [9.17, 15) is 4.79 Å². The molecular formula is C11H19NO. The molecule has 1 aliphatic carbocycles. The largest absolute Gasteiger partial charge is 0.305 e. The fraction of sp³-hybridized carbons (Fsp3) is 0.818. The number of likely N-dealkylation sites (N-methyl/N-ethyl adjacent to an activating group) is 1. The van der Waals surface area contributed by atoms with Crippen LogP contribution in [0.5, 0.6) is 0 Å². The van der Waals surface area contributed by atoms with Gasteiger partial charge in [0.1, 0.15) is 5.94 Å². The third-order valence-electron chi connectivity index (χ3n) is 2.72. The molecule has 0 amide bonds. The summed E-state index contributed by atoms with van der Waals surface area (Å²) in [6.45, 7) is 0.786. The quantitative estimate of drug-likeness (QED) is 0.620. The monoisotopic (exact) mass is 181 g/mol. The lowest BCUT2D eigenvalue weighted by Crippen LogP contribution is -2.21. The van der Waals surface area contributed by atoms with E-state index in [0.717, 1.165) is 12.1 Å². The second-order valence-electron chi connectivity index (χ2n) is 4.20. The first-order valence-electron chi connectivity index (χ1n) is 5.12. The summed E-state index contributed by atoms with van der Waals surface area (Å²) < 4.78 is 0. The first kappa shape index (κ1) is 10.5. The van der Waals surface area contributed by atoms with E-state index in [2.05, 4.69) is 10.8 Å². The minimum absolute atomic E-state index is 0.522. The maximum atomic E-state index is 10.8.